The van der Waals surface area contributed by atoms with Gasteiger partial charge in [0.25, 0.3) is 0 Å². The zero-order valence-electron chi connectivity index (χ0n) is 30.1. The molecule has 1 aliphatic rings. The summed E-state index contributed by atoms with van der Waals surface area (Å²) < 4.78 is 18.7. The van der Waals surface area contributed by atoms with Gasteiger partial charge in [-0.3, -0.25) is 0 Å². The van der Waals surface area contributed by atoms with E-state index in [1.54, 1.807) is 0 Å². The molecule has 0 saturated heterocycles. The molecule has 0 N–H and O–H groups in total. The fourth-order valence-electron chi connectivity index (χ4n) is 8.67. The van der Waals surface area contributed by atoms with Crippen LogP contribution in [0, 0.1) is 5.41 Å². The third kappa shape index (κ3) is 6.03. The Morgan fingerprint density at radius 1 is 0.600 bits per heavy atom. The normalized spacial score (nSPS) is 17.1. The van der Waals surface area contributed by atoms with Crippen LogP contribution in [0.2, 0.25) is 12.1 Å². The summed E-state index contributed by atoms with van der Waals surface area (Å²) in [5.41, 5.74) is -0.0757. The topological polar surface area (TPSA) is 27.7 Å². The minimum Gasteiger partial charge on any atom is -0.394 e. The lowest BCUT2D eigenvalue weighted by Gasteiger charge is -2.36. The molecular formula is C46H48O3Si. The van der Waals surface area contributed by atoms with Crippen LogP contribution in [0.1, 0.15) is 47.0 Å². The molecule has 0 heterocycles. The minimum atomic E-state index is -2.16. The number of hydrogen-bond acceptors (Lipinski definition) is 3. The Morgan fingerprint density at radius 2 is 1.02 bits per heavy atom. The number of ether oxygens (including phenoxy) is 1. The number of methoxy groups -OCH3 is 1. The molecule has 254 valence electrons. The summed E-state index contributed by atoms with van der Waals surface area (Å²) in [4.78, 5) is 0. The van der Waals surface area contributed by atoms with E-state index in [1.165, 1.54) is 75.1 Å². The van der Waals surface area contributed by atoms with Crippen molar-refractivity contribution in [3.63, 3.8) is 0 Å². The van der Waals surface area contributed by atoms with Gasteiger partial charge in [-0.15, -0.1) is 0 Å². The maximum absolute atomic E-state index is 6.26. The van der Waals surface area contributed by atoms with Gasteiger partial charge in [0.05, 0.1) is 6.10 Å². The average Bonchev–Trinajstić information content (AvgIpc) is 3.11. The molecule has 7 aromatic rings. The van der Waals surface area contributed by atoms with Crippen molar-refractivity contribution in [2.24, 2.45) is 5.41 Å². The van der Waals surface area contributed by atoms with Crippen molar-refractivity contribution in [1.29, 1.82) is 0 Å². The van der Waals surface area contributed by atoms with Crippen molar-refractivity contribution in [3.8, 4) is 0 Å². The summed E-state index contributed by atoms with van der Waals surface area (Å²) in [6.45, 7) is 10.2. The van der Waals surface area contributed by atoms with Crippen LogP contribution in [0.25, 0.3) is 76.8 Å². The van der Waals surface area contributed by atoms with Crippen LogP contribution in [-0.2, 0) is 13.6 Å². The predicted molar refractivity (Wildman–Crippen MR) is 217 cm³/mol. The van der Waals surface area contributed by atoms with E-state index < -0.39 is 8.56 Å². The number of hydrogen-bond donors (Lipinski definition) is 0. The third-order valence-corrected chi connectivity index (χ3v) is 15.2. The van der Waals surface area contributed by atoms with Crippen molar-refractivity contribution in [3.05, 3.63) is 107 Å². The molecule has 0 fully saturated rings. The Bertz CT molecular complexity index is 2530. The lowest BCUT2D eigenvalue weighted by Crippen LogP contribution is -2.42. The Balaban J connectivity index is 1.13. The SMILES string of the molecule is CCO[Si](CC)(CCCC(OC)C1(C)C=c2cc3cc4cc5cc6cc7cc8ccccc8cc7cc6cc5cc4cc3cc2=CC1)OCC. The van der Waals surface area contributed by atoms with E-state index in [0.717, 1.165) is 44.6 Å². The molecule has 0 aliphatic heterocycles. The zero-order chi connectivity index (χ0) is 34.5. The van der Waals surface area contributed by atoms with Gasteiger partial charge in [0.1, 0.15) is 0 Å². The first-order valence-electron chi connectivity index (χ1n) is 18.5. The number of rotatable bonds is 11. The first-order valence-corrected chi connectivity index (χ1v) is 20.8. The molecule has 4 heteroatoms. The third-order valence-electron chi connectivity index (χ3n) is 11.4. The molecule has 8 rings (SSSR count). The van der Waals surface area contributed by atoms with E-state index in [4.69, 9.17) is 13.6 Å². The molecule has 0 aromatic heterocycles. The molecule has 0 bridgehead atoms. The van der Waals surface area contributed by atoms with Crippen LogP contribution >= 0.6 is 0 Å². The molecule has 7 aromatic carbocycles. The minimum absolute atomic E-state index is 0.0757. The Hall–Kier alpha value is -4.06. The molecule has 0 spiro atoms. The van der Waals surface area contributed by atoms with Gasteiger partial charge in [-0.1, -0.05) is 50.3 Å². The molecule has 0 saturated carbocycles. The van der Waals surface area contributed by atoms with Crippen molar-refractivity contribution >= 4 is 85.3 Å². The maximum atomic E-state index is 6.26. The zero-order valence-corrected chi connectivity index (χ0v) is 31.1. The van der Waals surface area contributed by atoms with Crippen LogP contribution in [0.15, 0.2) is 97.1 Å². The highest BCUT2D eigenvalue weighted by Crippen LogP contribution is 2.37. The van der Waals surface area contributed by atoms with Crippen molar-refractivity contribution in [1.82, 2.24) is 0 Å². The van der Waals surface area contributed by atoms with E-state index in [1.807, 2.05) is 7.11 Å². The molecule has 2 atom stereocenters. The summed E-state index contributed by atoms with van der Waals surface area (Å²) in [6.07, 6.45) is 8.05. The smallest absolute Gasteiger partial charge is 0.337 e. The molecule has 2 unspecified atom stereocenters. The van der Waals surface area contributed by atoms with E-state index in [-0.39, 0.29) is 11.5 Å². The van der Waals surface area contributed by atoms with Gasteiger partial charge in [-0.2, -0.15) is 0 Å². The molecular weight excluding hydrogens is 629 g/mol. The van der Waals surface area contributed by atoms with Gasteiger partial charge in [0, 0.05) is 25.7 Å². The number of benzene rings is 7. The van der Waals surface area contributed by atoms with Crippen LogP contribution in [0.4, 0.5) is 0 Å². The fourth-order valence-corrected chi connectivity index (χ4v) is 11.6. The van der Waals surface area contributed by atoms with Gasteiger partial charge < -0.3 is 13.6 Å². The van der Waals surface area contributed by atoms with Crippen LogP contribution in [0.5, 0.6) is 0 Å². The second-order valence-electron chi connectivity index (χ2n) is 14.6. The quantitative estimate of drug-likeness (QED) is 0.101. The Kier molecular flexibility index (Phi) is 8.77. The highest BCUT2D eigenvalue weighted by Gasteiger charge is 2.37. The first kappa shape index (κ1) is 33.1. The van der Waals surface area contributed by atoms with Crippen molar-refractivity contribution in [2.75, 3.05) is 20.3 Å². The van der Waals surface area contributed by atoms with Gasteiger partial charge in [-0.05, 0) is 193 Å². The molecule has 0 amide bonds. The predicted octanol–water partition coefficient (Wildman–Crippen LogP) is 10.9. The fraction of sp³-hybridized carbons (Fsp3) is 0.304. The van der Waals surface area contributed by atoms with Crippen molar-refractivity contribution < 1.29 is 13.6 Å². The summed E-state index contributed by atoms with van der Waals surface area (Å²) in [6, 6.07) is 39.0. The standard InChI is InChI=1S/C46H48O3Si/c1-6-48-50(8-3,49-7-2)17-11-14-45(47-5)46(4)16-15-33-20-36-23-39-26-40-24-37-21-34-18-31-12-9-10-13-32(31)19-35(34)22-38(37)25-41(40)27-42(39)28-43(36)29-44(33)30-46/h9-10,12-13,15,18-30,45H,6-8,11,14,16-17H2,1-5H3. The summed E-state index contributed by atoms with van der Waals surface area (Å²) >= 11 is 0. The largest absolute Gasteiger partial charge is 0.394 e. The molecule has 1 aliphatic carbocycles. The van der Waals surface area contributed by atoms with E-state index >= 15 is 0 Å². The number of fused-ring (bicyclic) bond motifs is 7. The Labute approximate surface area is 296 Å². The van der Waals surface area contributed by atoms with Gasteiger partial charge in [0.2, 0.25) is 0 Å². The Morgan fingerprint density at radius 3 is 1.44 bits per heavy atom. The maximum Gasteiger partial charge on any atom is 0.337 e. The molecule has 0 radical (unpaired) electrons. The lowest BCUT2D eigenvalue weighted by atomic mass is 9.75. The first-order chi connectivity index (χ1) is 24.3. The van der Waals surface area contributed by atoms with E-state index in [2.05, 4.69) is 137 Å². The molecule has 3 nitrogen and oxygen atoms in total. The van der Waals surface area contributed by atoms with Crippen LogP contribution in [0.3, 0.4) is 0 Å². The van der Waals surface area contributed by atoms with Crippen LogP contribution in [-0.4, -0.2) is 35.0 Å². The van der Waals surface area contributed by atoms with Gasteiger partial charge >= 0.3 is 8.56 Å². The second-order valence-corrected chi connectivity index (χ2v) is 18.2. The monoisotopic (exact) mass is 676 g/mol. The lowest BCUT2D eigenvalue weighted by molar-refractivity contribution is 0.0251. The summed E-state index contributed by atoms with van der Waals surface area (Å²) in [7, 11) is -0.284. The average molecular weight is 677 g/mol. The van der Waals surface area contributed by atoms with Crippen molar-refractivity contribution in [2.45, 2.75) is 65.1 Å². The van der Waals surface area contributed by atoms with E-state index in [0.29, 0.717) is 0 Å². The second kappa shape index (κ2) is 13.2. The highest BCUT2D eigenvalue weighted by molar-refractivity contribution is 6.67. The van der Waals surface area contributed by atoms with E-state index in [9.17, 15) is 0 Å². The van der Waals surface area contributed by atoms with Gasteiger partial charge in [0.15, 0.2) is 0 Å². The molecule has 50 heavy (non-hydrogen) atoms. The highest BCUT2D eigenvalue weighted by atomic mass is 28.4. The summed E-state index contributed by atoms with van der Waals surface area (Å²) in [5.74, 6) is 0. The van der Waals surface area contributed by atoms with Crippen LogP contribution < -0.4 is 10.4 Å². The summed E-state index contributed by atoms with van der Waals surface area (Å²) in [5, 5.41) is 18.0. The van der Waals surface area contributed by atoms with Gasteiger partial charge in [-0.25, -0.2) is 0 Å².